The van der Waals surface area contributed by atoms with Crippen molar-refractivity contribution >= 4 is 23.2 Å². The zero-order valence-corrected chi connectivity index (χ0v) is 30.5. The van der Waals surface area contributed by atoms with Crippen molar-refractivity contribution in [3.05, 3.63) is 74.7 Å². The number of nitrogens with one attached hydrogen (secondary N) is 3. The predicted molar refractivity (Wildman–Crippen MR) is 198 cm³/mol. The Kier molecular flexibility index (Phi) is 9.97. The van der Waals surface area contributed by atoms with E-state index in [0.717, 1.165) is 79.1 Å². The van der Waals surface area contributed by atoms with Crippen LogP contribution in [0.25, 0.3) is 11.1 Å². The Morgan fingerprint density at radius 2 is 1.69 bits per heavy atom. The number of carbonyl (C=O) groups excluding carboxylic acids is 2. The molecule has 3 N–H and O–H groups in total. The fraction of sp³-hybridized carbons (Fsp3) is 0.525. The molecule has 1 aromatic heterocycles. The minimum absolute atomic E-state index is 0.0222. The molecule has 0 bridgehead atoms. The number of carbonyl (C=O) groups is 2. The van der Waals surface area contributed by atoms with E-state index in [4.69, 9.17) is 14.2 Å². The number of pyridine rings is 1. The van der Waals surface area contributed by atoms with Gasteiger partial charge in [-0.15, -0.1) is 0 Å². The van der Waals surface area contributed by atoms with Crippen molar-refractivity contribution in [1.29, 1.82) is 0 Å². The quantitative estimate of drug-likeness (QED) is 0.269. The molecule has 0 atom stereocenters. The fourth-order valence-electron chi connectivity index (χ4n) is 8.68. The van der Waals surface area contributed by atoms with Crippen molar-refractivity contribution in [2.45, 2.75) is 89.4 Å². The molecule has 3 fully saturated rings. The van der Waals surface area contributed by atoms with Gasteiger partial charge in [-0.25, -0.2) is 0 Å². The zero-order chi connectivity index (χ0) is 35.9. The average molecular weight is 698 g/mol. The SMILES string of the molecule is CCN(c1cc(-c2ccc3c(c2)NC(=O)C32CCOCC2)cc(C(=O)NCc2c(OC)cc(C)[nH]c2=O)c1C)C1CCC(N(C)C2COC2)CC1. The largest absolute Gasteiger partial charge is 0.496 e. The van der Waals surface area contributed by atoms with Crippen molar-refractivity contribution in [3.63, 3.8) is 0 Å². The number of amides is 2. The Morgan fingerprint density at radius 3 is 2.35 bits per heavy atom. The molecule has 7 rings (SSSR count). The molecule has 11 nitrogen and oxygen atoms in total. The van der Waals surface area contributed by atoms with Gasteiger partial charge in [0.05, 0.1) is 43.9 Å². The van der Waals surface area contributed by atoms with Crippen LogP contribution in [0, 0.1) is 13.8 Å². The van der Waals surface area contributed by atoms with E-state index in [0.29, 0.717) is 66.8 Å². The summed E-state index contributed by atoms with van der Waals surface area (Å²) in [5.41, 5.74) is 6.35. The number of benzene rings is 2. The summed E-state index contributed by atoms with van der Waals surface area (Å²) in [5, 5.41) is 6.18. The molecule has 4 heterocycles. The summed E-state index contributed by atoms with van der Waals surface area (Å²) in [4.78, 5) is 48.1. The Hall–Kier alpha value is -4.19. The van der Waals surface area contributed by atoms with E-state index in [1.165, 1.54) is 7.11 Å². The van der Waals surface area contributed by atoms with Gasteiger partial charge in [-0.2, -0.15) is 0 Å². The second-order valence-corrected chi connectivity index (χ2v) is 14.7. The van der Waals surface area contributed by atoms with Crippen molar-refractivity contribution in [2.24, 2.45) is 0 Å². The van der Waals surface area contributed by atoms with E-state index < -0.39 is 5.41 Å². The summed E-state index contributed by atoms with van der Waals surface area (Å²) in [6.07, 6.45) is 5.69. The summed E-state index contributed by atoms with van der Waals surface area (Å²) < 4.78 is 16.6. The van der Waals surface area contributed by atoms with Crippen LogP contribution in [-0.2, 0) is 26.2 Å². The summed E-state index contributed by atoms with van der Waals surface area (Å²) in [6.45, 7) is 9.59. The minimum atomic E-state index is -0.554. The Labute approximate surface area is 300 Å². The Balaban J connectivity index is 1.22. The molecular weight excluding hydrogens is 646 g/mol. The van der Waals surface area contributed by atoms with Crippen LogP contribution in [0.2, 0.25) is 0 Å². The molecule has 272 valence electrons. The van der Waals surface area contributed by atoms with Crippen LogP contribution >= 0.6 is 0 Å². The predicted octanol–water partition coefficient (Wildman–Crippen LogP) is 5.07. The first-order valence-electron chi connectivity index (χ1n) is 18.4. The van der Waals surface area contributed by atoms with Crippen LogP contribution in [0.15, 0.2) is 41.2 Å². The summed E-state index contributed by atoms with van der Waals surface area (Å²) in [7, 11) is 3.76. The Bertz CT molecular complexity index is 1850. The number of methoxy groups -OCH3 is 1. The third-order valence-electron chi connectivity index (χ3n) is 11.9. The van der Waals surface area contributed by atoms with Gasteiger partial charge in [-0.3, -0.25) is 19.3 Å². The summed E-state index contributed by atoms with van der Waals surface area (Å²) >= 11 is 0. The number of hydrogen-bond donors (Lipinski definition) is 3. The molecule has 51 heavy (non-hydrogen) atoms. The molecule has 11 heteroatoms. The van der Waals surface area contributed by atoms with Gasteiger partial charge in [0.25, 0.3) is 11.5 Å². The van der Waals surface area contributed by atoms with Gasteiger partial charge in [0, 0.05) is 54.5 Å². The highest BCUT2D eigenvalue weighted by atomic mass is 16.5. The van der Waals surface area contributed by atoms with Gasteiger partial charge in [-0.05, 0) is 113 Å². The maximum atomic E-state index is 14.1. The van der Waals surface area contributed by atoms with Crippen LogP contribution in [0.4, 0.5) is 11.4 Å². The molecule has 1 aliphatic carbocycles. The molecule has 1 saturated carbocycles. The van der Waals surface area contributed by atoms with Gasteiger partial charge in [-0.1, -0.05) is 12.1 Å². The van der Waals surface area contributed by atoms with Crippen molar-refractivity contribution < 1.29 is 23.8 Å². The molecular formula is C40H51N5O6. The highest BCUT2D eigenvalue weighted by Gasteiger charge is 2.47. The van der Waals surface area contributed by atoms with Gasteiger partial charge < -0.3 is 34.7 Å². The van der Waals surface area contributed by atoms with E-state index in [9.17, 15) is 14.4 Å². The van der Waals surface area contributed by atoms with Crippen molar-refractivity contribution in [1.82, 2.24) is 15.2 Å². The maximum Gasteiger partial charge on any atom is 0.256 e. The number of likely N-dealkylation sites (N-methyl/N-ethyl adjacent to an activating group) is 1. The highest BCUT2D eigenvalue weighted by molar-refractivity contribution is 6.07. The van der Waals surface area contributed by atoms with Crippen LogP contribution in [-0.4, -0.2) is 87.0 Å². The number of aromatic nitrogens is 1. The average Bonchev–Trinajstić information content (AvgIpc) is 3.37. The van der Waals surface area contributed by atoms with E-state index in [1.54, 1.807) is 13.0 Å². The molecule has 2 aromatic carbocycles. The monoisotopic (exact) mass is 697 g/mol. The number of aryl methyl sites for hydroxylation is 1. The lowest BCUT2D eigenvalue weighted by Crippen LogP contribution is -2.53. The molecule has 0 radical (unpaired) electrons. The zero-order valence-electron chi connectivity index (χ0n) is 30.5. The normalized spacial score (nSPS) is 21.3. The molecule has 3 aliphatic heterocycles. The number of rotatable bonds is 10. The number of aromatic amines is 1. The van der Waals surface area contributed by atoms with Crippen LogP contribution in [0.3, 0.4) is 0 Å². The number of nitrogens with zero attached hydrogens (tertiary/aromatic N) is 2. The van der Waals surface area contributed by atoms with E-state index >= 15 is 0 Å². The van der Waals surface area contributed by atoms with E-state index in [1.807, 2.05) is 19.1 Å². The first-order chi connectivity index (χ1) is 24.6. The maximum absolute atomic E-state index is 14.1. The molecule has 4 aliphatic rings. The number of H-pyrrole nitrogens is 1. The van der Waals surface area contributed by atoms with E-state index in [2.05, 4.69) is 57.6 Å². The topological polar surface area (TPSA) is 125 Å². The first kappa shape index (κ1) is 35.2. The van der Waals surface area contributed by atoms with Crippen LogP contribution in [0.5, 0.6) is 5.75 Å². The molecule has 2 saturated heterocycles. The van der Waals surface area contributed by atoms with Crippen molar-refractivity contribution in [3.8, 4) is 16.9 Å². The standard InChI is InChI=1S/C40H51N5O6/c1-6-45(29-10-8-28(9-11-29)44(4)30-22-51-23-30)35-20-27(26-7-12-33-34(19-26)43-39(48)40(33)13-15-50-16-14-40)18-31(25(35)3)37(46)41-21-32-36(49-5)17-24(2)42-38(32)47/h7,12,17-20,28-30H,6,8-11,13-16,21-23H2,1-5H3,(H,41,46)(H,42,47)(H,43,48). The third-order valence-corrected chi connectivity index (χ3v) is 11.9. The van der Waals surface area contributed by atoms with Crippen molar-refractivity contribution in [2.75, 3.05) is 57.3 Å². The molecule has 1 spiro atoms. The van der Waals surface area contributed by atoms with Gasteiger partial charge >= 0.3 is 0 Å². The fourth-order valence-corrected chi connectivity index (χ4v) is 8.68. The second-order valence-electron chi connectivity index (χ2n) is 14.7. The lowest BCUT2D eigenvalue weighted by molar-refractivity contribution is -0.124. The number of anilines is 2. The van der Waals surface area contributed by atoms with Crippen LogP contribution < -0.4 is 25.8 Å². The summed E-state index contributed by atoms with van der Waals surface area (Å²) in [6, 6.07) is 13.5. The van der Waals surface area contributed by atoms with Gasteiger partial charge in [0.1, 0.15) is 5.75 Å². The molecule has 3 aromatic rings. The first-order valence-corrected chi connectivity index (χ1v) is 18.4. The molecule has 0 unspecified atom stereocenters. The Morgan fingerprint density at radius 1 is 0.961 bits per heavy atom. The minimum Gasteiger partial charge on any atom is -0.496 e. The highest BCUT2D eigenvalue weighted by Crippen LogP contribution is 2.46. The number of fused-ring (bicyclic) bond motifs is 2. The number of hydrogen-bond acceptors (Lipinski definition) is 8. The lowest BCUT2D eigenvalue weighted by atomic mass is 9.75. The lowest BCUT2D eigenvalue weighted by Gasteiger charge is -2.45. The molecule has 2 amide bonds. The smallest absolute Gasteiger partial charge is 0.256 e. The summed E-state index contributed by atoms with van der Waals surface area (Å²) in [5.74, 6) is 0.207. The van der Waals surface area contributed by atoms with Crippen LogP contribution in [0.1, 0.15) is 78.2 Å². The number of ether oxygens (including phenoxy) is 3. The third kappa shape index (κ3) is 6.56. The van der Waals surface area contributed by atoms with Gasteiger partial charge in [0.2, 0.25) is 5.91 Å². The van der Waals surface area contributed by atoms with Gasteiger partial charge in [0.15, 0.2) is 0 Å². The second kappa shape index (κ2) is 14.4. The van der Waals surface area contributed by atoms with E-state index in [-0.39, 0.29) is 23.9 Å².